The van der Waals surface area contributed by atoms with Crippen LogP contribution in [0, 0.1) is 6.92 Å². The van der Waals surface area contributed by atoms with Crippen molar-refractivity contribution in [1.29, 1.82) is 0 Å². The summed E-state index contributed by atoms with van der Waals surface area (Å²) in [6.45, 7) is 6.29. The lowest BCUT2D eigenvalue weighted by molar-refractivity contribution is 0.607. The van der Waals surface area contributed by atoms with Crippen molar-refractivity contribution in [2.75, 3.05) is 0 Å². The summed E-state index contributed by atoms with van der Waals surface area (Å²) < 4.78 is 0. The highest BCUT2D eigenvalue weighted by molar-refractivity contribution is 5.14. The van der Waals surface area contributed by atoms with Gasteiger partial charge in [0.1, 0.15) is 5.82 Å². The van der Waals surface area contributed by atoms with Gasteiger partial charge in [-0.2, -0.15) is 0 Å². The van der Waals surface area contributed by atoms with Crippen molar-refractivity contribution >= 4 is 0 Å². The van der Waals surface area contributed by atoms with Crippen molar-refractivity contribution in [2.45, 2.75) is 46.1 Å². The zero-order valence-electron chi connectivity index (χ0n) is 8.72. The van der Waals surface area contributed by atoms with E-state index in [1.54, 1.807) is 0 Å². The second-order valence-corrected chi connectivity index (χ2v) is 3.44. The van der Waals surface area contributed by atoms with Crippen LogP contribution in [0.15, 0.2) is 0 Å². The molecule has 1 heterocycles. The quantitative estimate of drug-likeness (QED) is 0.747. The summed E-state index contributed by atoms with van der Waals surface area (Å²) in [5.41, 5.74) is 8.25. The van der Waals surface area contributed by atoms with E-state index in [1.807, 2.05) is 6.92 Å². The van der Waals surface area contributed by atoms with Crippen LogP contribution in [0.1, 0.15) is 49.9 Å². The van der Waals surface area contributed by atoms with Gasteiger partial charge in [0.05, 0.1) is 11.7 Å². The van der Waals surface area contributed by atoms with Gasteiger partial charge in [0.25, 0.3) is 0 Å². The Balaban J connectivity index is 2.77. The Morgan fingerprint density at radius 1 is 1.46 bits per heavy atom. The third kappa shape index (κ3) is 2.31. The zero-order valence-corrected chi connectivity index (χ0v) is 8.72. The van der Waals surface area contributed by atoms with Crippen molar-refractivity contribution in [3.8, 4) is 0 Å². The maximum Gasteiger partial charge on any atom is 0.123 e. The molecule has 0 aliphatic carbocycles. The number of aromatic nitrogens is 2. The van der Waals surface area contributed by atoms with Crippen LogP contribution in [0.3, 0.4) is 0 Å². The van der Waals surface area contributed by atoms with Crippen LogP contribution in [-0.2, 0) is 6.42 Å². The Hall–Kier alpha value is -0.830. The molecule has 0 spiro atoms. The highest BCUT2D eigenvalue weighted by atomic mass is 15.0. The first-order chi connectivity index (χ1) is 6.19. The SMILES string of the molecule is CCCC(N)c1nc(CC)c(C)[nH]1. The van der Waals surface area contributed by atoms with Crippen LogP contribution in [0.4, 0.5) is 0 Å². The molecular formula is C10H19N3. The summed E-state index contributed by atoms with van der Waals surface area (Å²) in [6, 6.07) is 0.0731. The Morgan fingerprint density at radius 2 is 2.15 bits per heavy atom. The number of nitrogens with two attached hydrogens (primary N) is 1. The van der Waals surface area contributed by atoms with Crippen molar-refractivity contribution in [2.24, 2.45) is 5.73 Å². The number of nitrogens with one attached hydrogen (secondary N) is 1. The third-order valence-corrected chi connectivity index (χ3v) is 2.29. The van der Waals surface area contributed by atoms with Crippen molar-refractivity contribution < 1.29 is 0 Å². The molecule has 0 fully saturated rings. The number of hydrogen-bond donors (Lipinski definition) is 2. The van der Waals surface area contributed by atoms with Crippen molar-refractivity contribution in [3.63, 3.8) is 0 Å². The van der Waals surface area contributed by atoms with Crippen LogP contribution >= 0.6 is 0 Å². The second kappa shape index (κ2) is 4.42. The molecule has 0 aliphatic rings. The molecule has 3 nitrogen and oxygen atoms in total. The minimum Gasteiger partial charge on any atom is -0.345 e. The Morgan fingerprint density at radius 3 is 2.62 bits per heavy atom. The van der Waals surface area contributed by atoms with E-state index in [1.165, 1.54) is 0 Å². The normalized spacial score (nSPS) is 13.2. The summed E-state index contributed by atoms with van der Waals surface area (Å²) in [6.07, 6.45) is 3.07. The molecule has 74 valence electrons. The molecule has 0 bridgehead atoms. The zero-order chi connectivity index (χ0) is 9.84. The summed E-state index contributed by atoms with van der Waals surface area (Å²) >= 11 is 0. The van der Waals surface area contributed by atoms with Gasteiger partial charge < -0.3 is 10.7 Å². The molecule has 1 aromatic rings. The van der Waals surface area contributed by atoms with E-state index < -0.39 is 0 Å². The molecule has 0 aliphatic heterocycles. The number of H-pyrrole nitrogens is 1. The fourth-order valence-corrected chi connectivity index (χ4v) is 1.49. The summed E-state index contributed by atoms with van der Waals surface area (Å²) in [4.78, 5) is 7.71. The van der Waals surface area contributed by atoms with E-state index in [4.69, 9.17) is 5.73 Å². The van der Waals surface area contributed by atoms with Gasteiger partial charge in [0.2, 0.25) is 0 Å². The predicted molar refractivity (Wildman–Crippen MR) is 54.5 cm³/mol. The average Bonchev–Trinajstić information content (AvgIpc) is 2.47. The number of aromatic amines is 1. The van der Waals surface area contributed by atoms with Crippen molar-refractivity contribution in [1.82, 2.24) is 9.97 Å². The van der Waals surface area contributed by atoms with Crippen LogP contribution in [-0.4, -0.2) is 9.97 Å². The van der Waals surface area contributed by atoms with E-state index in [2.05, 4.69) is 23.8 Å². The number of hydrogen-bond acceptors (Lipinski definition) is 2. The molecule has 1 unspecified atom stereocenters. The molecular weight excluding hydrogens is 162 g/mol. The van der Waals surface area contributed by atoms with Crippen LogP contribution in [0.2, 0.25) is 0 Å². The fraction of sp³-hybridized carbons (Fsp3) is 0.700. The Bertz CT molecular complexity index is 265. The van der Waals surface area contributed by atoms with Crippen LogP contribution < -0.4 is 5.73 Å². The van der Waals surface area contributed by atoms with Gasteiger partial charge in [-0.1, -0.05) is 20.3 Å². The standard InChI is InChI=1S/C10H19N3/c1-4-6-8(11)10-12-7(3)9(5-2)13-10/h8H,4-6,11H2,1-3H3,(H,12,13). The number of nitrogens with zero attached hydrogens (tertiary/aromatic N) is 1. The predicted octanol–water partition coefficient (Wildman–Crippen LogP) is 2.08. The van der Waals surface area contributed by atoms with E-state index in [-0.39, 0.29) is 6.04 Å². The molecule has 1 aromatic heterocycles. The van der Waals surface area contributed by atoms with Gasteiger partial charge in [-0.05, 0) is 19.8 Å². The molecule has 1 rings (SSSR count). The minimum absolute atomic E-state index is 0.0731. The van der Waals surface area contributed by atoms with Gasteiger partial charge in [-0.25, -0.2) is 4.98 Å². The van der Waals surface area contributed by atoms with Gasteiger partial charge in [0, 0.05) is 5.69 Å². The summed E-state index contributed by atoms with van der Waals surface area (Å²) in [7, 11) is 0. The third-order valence-electron chi connectivity index (χ3n) is 2.29. The van der Waals surface area contributed by atoms with Crippen LogP contribution in [0.25, 0.3) is 0 Å². The molecule has 3 heteroatoms. The van der Waals surface area contributed by atoms with Crippen LogP contribution in [0.5, 0.6) is 0 Å². The molecule has 13 heavy (non-hydrogen) atoms. The lowest BCUT2D eigenvalue weighted by Crippen LogP contribution is -2.11. The first-order valence-electron chi connectivity index (χ1n) is 5.00. The topological polar surface area (TPSA) is 54.7 Å². The molecule has 0 radical (unpaired) electrons. The number of imidazole rings is 1. The highest BCUT2D eigenvalue weighted by Gasteiger charge is 2.10. The van der Waals surface area contributed by atoms with Gasteiger partial charge in [-0.3, -0.25) is 0 Å². The Kier molecular flexibility index (Phi) is 3.48. The lowest BCUT2D eigenvalue weighted by Gasteiger charge is -2.05. The largest absolute Gasteiger partial charge is 0.345 e. The average molecular weight is 181 g/mol. The van der Waals surface area contributed by atoms with E-state index in [0.29, 0.717) is 0 Å². The smallest absolute Gasteiger partial charge is 0.123 e. The summed E-state index contributed by atoms with van der Waals surface area (Å²) in [5, 5.41) is 0. The monoisotopic (exact) mass is 181 g/mol. The number of rotatable bonds is 4. The molecule has 0 saturated heterocycles. The second-order valence-electron chi connectivity index (χ2n) is 3.44. The minimum atomic E-state index is 0.0731. The molecule has 1 atom stereocenters. The maximum absolute atomic E-state index is 5.95. The highest BCUT2D eigenvalue weighted by Crippen LogP contribution is 2.14. The molecule has 0 aromatic carbocycles. The van der Waals surface area contributed by atoms with Gasteiger partial charge >= 0.3 is 0 Å². The van der Waals surface area contributed by atoms with Crippen molar-refractivity contribution in [3.05, 3.63) is 17.2 Å². The number of aryl methyl sites for hydroxylation is 2. The summed E-state index contributed by atoms with van der Waals surface area (Å²) in [5.74, 6) is 0.941. The first kappa shape index (κ1) is 10.3. The molecule has 3 N–H and O–H groups in total. The lowest BCUT2D eigenvalue weighted by atomic mass is 10.2. The Labute approximate surface area is 79.8 Å². The van der Waals surface area contributed by atoms with E-state index in [9.17, 15) is 0 Å². The fourth-order valence-electron chi connectivity index (χ4n) is 1.49. The maximum atomic E-state index is 5.95. The molecule has 0 amide bonds. The van der Waals surface area contributed by atoms with E-state index in [0.717, 1.165) is 36.5 Å². The first-order valence-corrected chi connectivity index (χ1v) is 5.00. The molecule has 0 saturated carbocycles. The van der Waals surface area contributed by atoms with Gasteiger partial charge in [-0.15, -0.1) is 0 Å². The van der Waals surface area contributed by atoms with E-state index >= 15 is 0 Å². The van der Waals surface area contributed by atoms with Gasteiger partial charge in [0.15, 0.2) is 0 Å².